The third-order valence-corrected chi connectivity index (χ3v) is 2.86. The van der Waals surface area contributed by atoms with Crippen molar-refractivity contribution in [3.8, 4) is 0 Å². The first-order valence-electron chi connectivity index (χ1n) is 5.82. The molecule has 0 aromatic heterocycles. The molecule has 0 fully saturated rings. The molecular formula is C12H20O3. The Balaban J connectivity index is 2.58. The molecule has 0 spiro atoms. The molecule has 0 radical (unpaired) electrons. The standard InChI is InChI=1S/C12H20O3/c13-11-8-6-4-2-1-3-5-7-10(9-11)12(14)15/h9,11,13H,1-8H2,(H,14,15)/b10-9+. The van der Waals surface area contributed by atoms with Gasteiger partial charge in [-0.2, -0.15) is 0 Å². The van der Waals surface area contributed by atoms with E-state index in [2.05, 4.69) is 0 Å². The van der Waals surface area contributed by atoms with Crippen LogP contribution in [0, 0.1) is 0 Å². The molecule has 2 N–H and O–H groups in total. The Labute approximate surface area is 90.8 Å². The summed E-state index contributed by atoms with van der Waals surface area (Å²) in [5, 5.41) is 18.5. The van der Waals surface area contributed by atoms with Gasteiger partial charge < -0.3 is 10.2 Å². The summed E-state index contributed by atoms with van der Waals surface area (Å²) in [6, 6.07) is 0. The molecule has 3 nitrogen and oxygen atoms in total. The fourth-order valence-electron chi connectivity index (χ4n) is 1.95. The van der Waals surface area contributed by atoms with Gasteiger partial charge >= 0.3 is 5.97 Å². The minimum Gasteiger partial charge on any atom is -0.478 e. The zero-order valence-electron chi connectivity index (χ0n) is 9.11. The third-order valence-electron chi connectivity index (χ3n) is 2.86. The van der Waals surface area contributed by atoms with E-state index in [0.717, 1.165) is 25.7 Å². The van der Waals surface area contributed by atoms with Gasteiger partial charge in [-0.15, -0.1) is 0 Å². The molecule has 1 aliphatic rings. The molecule has 1 rings (SSSR count). The lowest BCUT2D eigenvalue weighted by molar-refractivity contribution is -0.132. The Bertz CT molecular complexity index is 233. The van der Waals surface area contributed by atoms with Crippen molar-refractivity contribution in [2.75, 3.05) is 0 Å². The Morgan fingerprint density at radius 3 is 2.40 bits per heavy atom. The molecule has 0 aliphatic heterocycles. The highest BCUT2D eigenvalue weighted by Crippen LogP contribution is 2.17. The van der Waals surface area contributed by atoms with Crippen LogP contribution in [0.15, 0.2) is 11.6 Å². The Kier molecular flexibility index (Phi) is 5.40. The Morgan fingerprint density at radius 1 is 1.13 bits per heavy atom. The van der Waals surface area contributed by atoms with Gasteiger partial charge in [-0.25, -0.2) is 4.79 Å². The number of rotatable bonds is 1. The van der Waals surface area contributed by atoms with E-state index in [-0.39, 0.29) is 0 Å². The number of aliphatic hydroxyl groups is 1. The fourth-order valence-corrected chi connectivity index (χ4v) is 1.95. The van der Waals surface area contributed by atoms with Gasteiger partial charge in [0.25, 0.3) is 0 Å². The van der Waals surface area contributed by atoms with Crippen LogP contribution in [0.25, 0.3) is 0 Å². The maximum atomic E-state index is 10.9. The summed E-state index contributed by atoms with van der Waals surface area (Å²) in [5.74, 6) is -0.881. The molecule has 0 aromatic rings. The summed E-state index contributed by atoms with van der Waals surface area (Å²) < 4.78 is 0. The maximum absolute atomic E-state index is 10.9. The van der Waals surface area contributed by atoms with Crippen LogP contribution in [0.3, 0.4) is 0 Å². The van der Waals surface area contributed by atoms with Crippen molar-refractivity contribution in [1.29, 1.82) is 0 Å². The first kappa shape index (κ1) is 12.2. The second-order valence-corrected chi connectivity index (χ2v) is 4.22. The molecule has 3 heteroatoms. The monoisotopic (exact) mass is 212 g/mol. The first-order valence-corrected chi connectivity index (χ1v) is 5.82. The summed E-state index contributed by atoms with van der Waals surface area (Å²) in [6.45, 7) is 0. The number of aliphatic carboxylic acids is 1. The van der Waals surface area contributed by atoms with E-state index in [1.54, 1.807) is 0 Å². The van der Waals surface area contributed by atoms with Crippen molar-refractivity contribution >= 4 is 5.97 Å². The van der Waals surface area contributed by atoms with E-state index in [1.807, 2.05) is 0 Å². The first-order chi connectivity index (χ1) is 7.20. The predicted molar refractivity (Wildman–Crippen MR) is 58.7 cm³/mol. The number of hydrogen-bond acceptors (Lipinski definition) is 2. The van der Waals surface area contributed by atoms with E-state index >= 15 is 0 Å². The van der Waals surface area contributed by atoms with Crippen LogP contribution in [-0.4, -0.2) is 22.3 Å². The normalized spacial score (nSPS) is 28.6. The summed E-state index contributed by atoms with van der Waals surface area (Å²) >= 11 is 0. The summed E-state index contributed by atoms with van der Waals surface area (Å²) in [7, 11) is 0. The van der Waals surface area contributed by atoms with Gasteiger partial charge in [-0.05, 0) is 25.3 Å². The molecule has 0 heterocycles. The predicted octanol–water partition coefficient (Wildman–Crippen LogP) is 2.49. The molecule has 0 bridgehead atoms. The van der Waals surface area contributed by atoms with Crippen LogP contribution >= 0.6 is 0 Å². The molecule has 86 valence electrons. The average Bonchev–Trinajstić information content (AvgIpc) is 2.23. The lowest BCUT2D eigenvalue weighted by atomic mass is 10.1. The molecule has 0 saturated heterocycles. The summed E-state index contributed by atoms with van der Waals surface area (Å²) in [6.07, 6.45) is 8.77. The van der Waals surface area contributed by atoms with Crippen molar-refractivity contribution in [1.82, 2.24) is 0 Å². The van der Waals surface area contributed by atoms with E-state index in [0.29, 0.717) is 18.4 Å². The number of carboxylic acid groups (broad SMARTS) is 1. The topological polar surface area (TPSA) is 57.5 Å². The van der Waals surface area contributed by atoms with Gasteiger partial charge in [0.1, 0.15) is 0 Å². The molecule has 1 aliphatic carbocycles. The summed E-state index contributed by atoms with van der Waals surface area (Å²) in [4.78, 5) is 10.9. The van der Waals surface area contributed by atoms with E-state index in [4.69, 9.17) is 5.11 Å². The average molecular weight is 212 g/mol. The molecule has 0 aromatic carbocycles. The fraction of sp³-hybridized carbons (Fsp3) is 0.750. The largest absolute Gasteiger partial charge is 0.478 e. The van der Waals surface area contributed by atoms with E-state index in [9.17, 15) is 9.90 Å². The summed E-state index contributed by atoms with van der Waals surface area (Å²) in [5.41, 5.74) is 0.379. The van der Waals surface area contributed by atoms with Crippen molar-refractivity contribution in [3.63, 3.8) is 0 Å². The highest BCUT2D eigenvalue weighted by Gasteiger charge is 2.11. The molecule has 1 atom stereocenters. The van der Waals surface area contributed by atoms with E-state index < -0.39 is 12.1 Å². The van der Waals surface area contributed by atoms with Gasteiger partial charge in [0, 0.05) is 5.57 Å². The van der Waals surface area contributed by atoms with Crippen LogP contribution in [0.2, 0.25) is 0 Å². The van der Waals surface area contributed by atoms with Crippen molar-refractivity contribution in [2.45, 2.75) is 57.5 Å². The van der Waals surface area contributed by atoms with Gasteiger partial charge in [-0.3, -0.25) is 0 Å². The van der Waals surface area contributed by atoms with Crippen LogP contribution in [-0.2, 0) is 4.79 Å². The number of hydrogen-bond donors (Lipinski definition) is 2. The minimum atomic E-state index is -0.881. The lowest BCUT2D eigenvalue weighted by Gasteiger charge is -2.06. The highest BCUT2D eigenvalue weighted by atomic mass is 16.4. The maximum Gasteiger partial charge on any atom is 0.331 e. The number of carboxylic acids is 1. The van der Waals surface area contributed by atoms with Gasteiger partial charge in [0.05, 0.1) is 6.10 Å². The number of aliphatic hydroxyl groups excluding tert-OH is 1. The zero-order valence-corrected chi connectivity index (χ0v) is 9.11. The molecule has 1 unspecified atom stereocenters. The molecular weight excluding hydrogens is 192 g/mol. The molecule has 0 amide bonds. The van der Waals surface area contributed by atoms with Crippen molar-refractivity contribution < 1.29 is 15.0 Å². The Hall–Kier alpha value is -0.830. The Morgan fingerprint density at radius 2 is 1.73 bits per heavy atom. The molecule has 0 saturated carbocycles. The van der Waals surface area contributed by atoms with E-state index in [1.165, 1.54) is 18.9 Å². The van der Waals surface area contributed by atoms with Crippen LogP contribution < -0.4 is 0 Å². The van der Waals surface area contributed by atoms with Gasteiger partial charge in [0.2, 0.25) is 0 Å². The highest BCUT2D eigenvalue weighted by molar-refractivity contribution is 5.86. The SMILES string of the molecule is O=C(O)/C1=C/C(O)CCCCCCCC1. The zero-order chi connectivity index (χ0) is 11.1. The smallest absolute Gasteiger partial charge is 0.331 e. The van der Waals surface area contributed by atoms with Crippen LogP contribution in [0.1, 0.15) is 51.4 Å². The second-order valence-electron chi connectivity index (χ2n) is 4.22. The number of carbonyl (C=O) groups is 1. The van der Waals surface area contributed by atoms with Gasteiger partial charge in [0.15, 0.2) is 0 Å². The quantitative estimate of drug-likeness (QED) is 0.702. The van der Waals surface area contributed by atoms with Crippen LogP contribution in [0.4, 0.5) is 0 Å². The van der Waals surface area contributed by atoms with Crippen molar-refractivity contribution in [2.24, 2.45) is 0 Å². The lowest BCUT2D eigenvalue weighted by Crippen LogP contribution is -2.08. The minimum absolute atomic E-state index is 0.379. The third kappa shape index (κ3) is 4.98. The van der Waals surface area contributed by atoms with Gasteiger partial charge in [-0.1, -0.05) is 32.1 Å². The van der Waals surface area contributed by atoms with Crippen molar-refractivity contribution in [3.05, 3.63) is 11.6 Å². The molecule has 15 heavy (non-hydrogen) atoms. The second kappa shape index (κ2) is 6.62. The van der Waals surface area contributed by atoms with Crippen LogP contribution in [0.5, 0.6) is 0 Å².